The molecule has 0 bridgehead atoms. The van der Waals surface area contributed by atoms with Crippen molar-refractivity contribution < 1.29 is 9.53 Å². The van der Waals surface area contributed by atoms with E-state index in [4.69, 9.17) is 4.74 Å². The number of hydrogen-bond donors (Lipinski definition) is 1. The number of nitrogens with one attached hydrogen (secondary N) is 1. The molecule has 1 fully saturated rings. The molecule has 126 valence electrons. The van der Waals surface area contributed by atoms with Crippen LogP contribution in [0, 0.1) is 0 Å². The number of carbonyl (C=O) groups excluding carboxylic acids is 1. The monoisotopic (exact) mass is 325 g/mol. The maximum atomic E-state index is 11.3. The fourth-order valence-electron chi connectivity index (χ4n) is 3.11. The minimum absolute atomic E-state index is 0.0437. The predicted octanol–water partition coefficient (Wildman–Crippen LogP) is 2.97. The van der Waals surface area contributed by atoms with Crippen molar-refractivity contribution in [2.75, 3.05) is 13.1 Å². The summed E-state index contributed by atoms with van der Waals surface area (Å²) < 4.78 is 5.98. The molecule has 5 heteroatoms. The Morgan fingerprint density at radius 2 is 2.21 bits per heavy atom. The smallest absolute Gasteiger partial charge is 0.217 e. The van der Waals surface area contributed by atoms with E-state index in [0.717, 1.165) is 49.5 Å². The number of rotatable bonds is 5. The van der Waals surface area contributed by atoms with Gasteiger partial charge in [-0.05, 0) is 37.6 Å². The molecule has 1 amide bonds. The minimum atomic E-state index is 0.0437. The second-order valence-electron chi connectivity index (χ2n) is 6.17. The number of ether oxygens (including phenoxy) is 1. The van der Waals surface area contributed by atoms with Gasteiger partial charge in [-0.1, -0.05) is 18.2 Å². The van der Waals surface area contributed by atoms with Crippen molar-refractivity contribution in [2.24, 2.45) is 0 Å². The highest BCUT2D eigenvalue weighted by molar-refractivity contribution is 5.73. The molecular formula is C19H23N3O2. The van der Waals surface area contributed by atoms with Gasteiger partial charge in [0.05, 0.1) is 6.20 Å². The average molecular weight is 325 g/mol. The average Bonchev–Trinajstić information content (AvgIpc) is 2.57. The van der Waals surface area contributed by atoms with Crippen LogP contribution in [0.2, 0.25) is 0 Å². The summed E-state index contributed by atoms with van der Waals surface area (Å²) in [6.45, 7) is 4.31. The molecule has 1 aromatic carbocycles. The van der Waals surface area contributed by atoms with Gasteiger partial charge < -0.3 is 10.1 Å². The van der Waals surface area contributed by atoms with Crippen LogP contribution in [0.25, 0.3) is 0 Å². The van der Waals surface area contributed by atoms with E-state index in [-0.39, 0.29) is 11.9 Å². The molecule has 0 radical (unpaired) electrons. The lowest BCUT2D eigenvalue weighted by Gasteiger charge is -2.33. The molecule has 1 aliphatic rings. The molecule has 0 aliphatic carbocycles. The highest BCUT2D eigenvalue weighted by Crippen LogP contribution is 2.26. The molecule has 1 N–H and O–H groups in total. The number of hydrogen-bond acceptors (Lipinski definition) is 4. The summed E-state index contributed by atoms with van der Waals surface area (Å²) in [7, 11) is 0. The van der Waals surface area contributed by atoms with Crippen molar-refractivity contribution in [1.29, 1.82) is 0 Å². The highest BCUT2D eigenvalue weighted by Gasteiger charge is 2.21. The standard InChI is InChI=1S/C19H23N3O2/c1-15(23)21-17-7-5-11-22(14-17)13-16-6-2-3-9-19(16)24-18-8-4-10-20-12-18/h2-4,6,8-10,12,17H,5,7,11,13-14H2,1H3,(H,21,23)/t17-/m1/s1. The van der Waals surface area contributed by atoms with Crippen LogP contribution in [0.1, 0.15) is 25.3 Å². The van der Waals surface area contributed by atoms with Crippen molar-refractivity contribution >= 4 is 5.91 Å². The largest absolute Gasteiger partial charge is 0.455 e. The van der Waals surface area contributed by atoms with Crippen LogP contribution in [0.4, 0.5) is 0 Å². The molecule has 1 aliphatic heterocycles. The fraction of sp³-hybridized carbons (Fsp3) is 0.368. The number of amides is 1. The Balaban J connectivity index is 1.67. The summed E-state index contributed by atoms with van der Waals surface area (Å²) in [6, 6.07) is 12.1. The predicted molar refractivity (Wildman–Crippen MR) is 92.9 cm³/mol. The first-order chi connectivity index (χ1) is 11.7. The topological polar surface area (TPSA) is 54.5 Å². The SMILES string of the molecule is CC(=O)N[C@@H]1CCCN(Cc2ccccc2Oc2cccnc2)C1. The second-order valence-corrected chi connectivity index (χ2v) is 6.17. The van der Waals surface area contributed by atoms with Gasteiger partial charge in [-0.15, -0.1) is 0 Å². The van der Waals surface area contributed by atoms with E-state index >= 15 is 0 Å². The lowest BCUT2D eigenvalue weighted by molar-refractivity contribution is -0.120. The van der Waals surface area contributed by atoms with E-state index in [9.17, 15) is 4.79 Å². The van der Waals surface area contributed by atoms with Gasteiger partial charge in [0.1, 0.15) is 11.5 Å². The molecule has 2 aromatic rings. The van der Waals surface area contributed by atoms with E-state index in [2.05, 4.69) is 21.3 Å². The van der Waals surface area contributed by atoms with Gasteiger partial charge in [-0.25, -0.2) is 0 Å². The van der Waals surface area contributed by atoms with Crippen molar-refractivity contribution in [2.45, 2.75) is 32.4 Å². The van der Waals surface area contributed by atoms with Gasteiger partial charge in [0.15, 0.2) is 0 Å². The molecule has 1 saturated heterocycles. The summed E-state index contributed by atoms with van der Waals surface area (Å²) in [5.74, 6) is 1.63. The lowest BCUT2D eigenvalue weighted by atomic mass is 10.0. The first-order valence-corrected chi connectivity index (χ1v) is 8.36. The minimum Gasteiger partial charge on any atom is -0.455 e. The summed E-state index contributed by atoms with van der Waals surface area (Å²) in [5.41, 5.74) is 1.14. The first kappa shape index (κ1) is 16.5. The summed E-state index contributed by atoms with van der Waals surface area (Å²) in [6.07, 6.45) is 5.58. The van der Waals surface area contributed by atoms with Crippen LogP contribution in [-0.2, 0) is 11.3 Å². The van der Waals surface area contributed by atoms with E-state index in [1.165, 1.54) is 0 Å². The Kier molecular flexibility index (Phi) is 5.43. The van der Waals surface area contributed by atoms with Gasteiger partial charge in [-0.3, -0.25) is 14.7 Å². The van der Waals surface area contributed by atoms with Gasteiger partial charge in [-0.2, -0.15) is 0 Å². The summed E-state index contributed by atoms with van der Waals surface area (Å²) in [5, 5.41) is 3.03. The van der Waals surface area contributed by atoms with Crippen molar-refractivity contribution in [3.8, 4) is 11.5 Å². The lowest BCUT2D eigenvalue weighted by Crippen LogP contribution is -2.46. The molecule has 0 saturated carbocycles. The molecule has 3 rings (SSSR count). The van der Waals surface area contributed by atoms with Gasteiger partial charge in [0, 0.05) is 37.8 Å². The number of pyridine rings is 1. The van der Waals surface area contributed by atoms with Crippen LogP contribution in [0.15, 0.2) is 48.8 Å². The van der Waals surface area contributed by atoms with Crippen molar-refractivity contribution in [3.63, 3.8) is 0 Å². The number of benzene rings is 1. The molecule has 0 spiro atoms. The normalized spacial score (nSPS) is 18.1. The summed E-state index contributed by atoms with van der Waals surface area (Å²) in [4.78, 5) is 17.7. The highest BCUT2D eigenvalue weighted by atomic mass is 16.5. The van der Waals surface area contributed by atoms with E-state index in [1.807, 2.05) is 30.3 Å². The van der Waals surface area contributed by atoms with E-state index in [1.54, 1.807) is 19.3 Å². The number of likely N-dealkylation sites (tertiary alicyclic amines) is 1. The third-order valence-corrected chi connectivity index (χ3v) is 4.14. The zero-order valence-corrected chi connectivity index (χ0v) is 13.9. The Hall–Kier alpha value is -2.40. The number of para-hydroxylation sites is 1. The van der Waals surface area contributed by atoms with Gasteiger partial charge in [0.2, 0.25) is 5.91 Å². The molecule has 24 heavy (non-hydrogen) atoms. The third kappa shape index (κ3) is 4.55. The Bertz CT molecular complexity index is 675. The van der Waals surface area contributed by atoms with Crippen LogP contribution in [0.5, 0.6) is 11.5 Å². The molecular weight excluding hydrogens is 302 g/mol. The number of carbonyl (C=O) groups is 1. The van der Waals surface area contributed by atoms with Crippen LogP contribution in [-0.4, -0.2) is 34.9 Å². The second kappa shape index (κ2) is 7.93. The van der Waals surface area contributed by atoms with Gasteiger partial charge in [0.25, 0.3) is 0 Å². The third-order valence-electron chi connectivity index (χ3n) is 4.14. The number of piperidine rings is 1. The number of aromatic nitrogens is 1. The zero-order valence-electron chi connectivity index (χ0n) is 13.9. The van der Waals surface area contributed by atoms with E-state index in [0.29, 0.717) is 0 Å². The van der Waals surface area contributed by atoms with Crippen molar-refractivity contribution in [3.05, 3.63) is 54.4 Å². The molecule has 0 unspecified atom stereocenters. The fourth-order valence-corrected chi connectivity index (χ4v) is 3.11. The maximum Gasteiger partial charge on any atom is 0.217 e. The quantitative estimate of drug-likeness (QED) is 0.918. The number of nitrogens with zero attached hydrogens (tertiary/aromatic N) is 2. The van der Waals surface area contributed by atoms with Crippen LogP contribution < -0.4 is 10.1 Å². The van der Waals surface area contributed by atoms with Crippen LogP contribution >= 0.6 is 0 Å². The maximum absolute atomic E-state index is 11.3. The molecule has 1 aromatic heterocycles. The summed E-state index contributed by atoms with van der Waals surface area (Å²) >= 11 is 0. The molecule has 2 heterocycles. The van der Waals surface area contributed by atoms with E-state index < -0.39 is 0 Å². The van der Waals surface area contributed by atoms with Crippen molar-refractivity contribution in [1.82, 2.24) is 15.2 Å². The zero-order chi connectivity index (χ0) is 16.8. The Labute approximate surface area is 142 Å². The van der Waals surface area contributed by atoms with Gasteiger partial charge >= 0.3 is 0 Å². The Morgan fingerprint density at radius 3 is 3.00 bits per heavy atom. The molecule has 5 nitrogen and oxygen atoms in total. The van der Waals surface area contributed by atoms with Crippen LogP contribution in [0.3, 0.4) is 0 Å². The first-order valence-electron chi connectivity index (χ1n) is 8.36. The Morgan fingerprint density at radius 1 is 1.33 bits per heavy atom. The molecule has 1 atom stereocenters.